The molecule has 0 saturated heterocycles. The highest BCUT2D eigenvalue weighted by molar-refractivity contribution is 6.06. The van der Waals surface area contributed by atoms with E-state index < -0.39 is 28.7 Å². The molecule has 0 aliphatic rings. The van der Waals surface area contributed by atoms with Gasteiger partial charge >= 0.3 is 0 Å². The van der Waals surface area contributed by atoms with Gasteiger partial charge < -0.3 is 34.8 Å². The van der Waals surface area contributed by atoms with E-state index in [0.717, 1.165) is 72.4 Å². The second-order valence-electron chi connectivity index (χ2n) is 13.3. The summed E-state index contributed by atoms with van der Waals surface area (Å²) in [5.74, 6) is -4.33. The van der Waals surface area contributed by atoms with Gasteiger partial charge in [-0.1, -0.05) is 115 Å². The summed E-state index contributed by atoms with van der Waals surface area (Å²) in [6, 6.07) is 56.6. The summed E-state index contributed by atoms with van der Waals surface area (Å²) in [5.41, 5.74) is 11.0. The van der Waals surface area contributed by atoms with Crippen LogP contribution < -0.4 is 4.90 Å². The number of aromatic hydroxyl groups is 5. The quantitative estimate of drug-likeness (QED) is 0.0822. The van der Waals surface area contributed by atoms with Gasteiger partial charge in [-0.25, -0.2) is 0 Å². The van der Waals surface area contributed by atoms with E-state index in [0.29, 0.717) is 5.56 Å². The van der Waals surface area contributed by atoms with Gasteiger partial charge in [0.15, 0.2) is 11.5 Å². The van der Waals surface area contributed by atoms with Crippen LogP contribution in [0, 0.1) is 0 Å². The van der Waals surface area contributed by atoms with Gasteiger partial charge in [0.05, 0.1) is 5.56 Å². The highest BCUT2D eigenvalue weighted by Gasteiger charge is 2.24. The lowest BCUT2D eigenvalue weighted by Gasteiger charge is -2.26. The molecule has 0 unspecified atom stereocenters. The third-order valence-corrected chi connectivity index (χ3v) is 10.1. The Bertz CT molecular complexity index is 2800. The first-order valence-electron chi connectivity index (χ1n) is 17.7. The van der Waals surface area contributed by atoms with Crippen LogP contribution in [0.3, 0.4) is 0 Å². The van der Waals surface area contributed by atoms with Crippen LogP contribution in [0.1, 0.15) is 0 Å². The van der Waals surface area contributed by atoms with Crippen molar-refractivity contribution in [1.82, 2.24) is 0 Å². The summed E-state index contributed by atoms with van der Waals surface area (Å²) >= 11 is 0. The van der Waals surface area contributed by atoms with Crippen LogP contribution in [-0.2, 0) is 0 Å². The number of phenols is 5. The monoisotopic (exact) mass is 719 g/mol. The molecule has 0 fully saturated rings. The zero-order valence-electron chi connectivity index (χ0n) is 29.3. The summed E-state index contributed by atoms with van der Waals surface area (Å²) in [4.78, 5) is 2.09. The molecule has 55 heavy (non-hydrogen) atoms. The van der Waals surface area contributed by atoms with Crippen LogP contribution in [0.15, 0.2) is 174 Å². The predicted octanol–water partition coefficient (Wildman–Crippen LogP) is 12.3. The molecule has 0 spiro atoms. The number of furan rings is 1. The summed E-state index contributed by atoms with van der Waals surface area (Å²) in [7, 11) is 0. The van der Waals surface area contributed by atoms with Crippen molar-refractivity contribution in [3.8, 4) is 73.3 Å². The molecule has 7 heteroatoms. The Hall–Kier alpha value is -7.64. The van der Waals surface area contributed by atoms with Crippen LogP contribution in [0.4, 0.5) is 17.1 Å². The number of hydrogen-bond donors (Lipinski definition) is 5. The van der Waals surface area contributed by atoms with Crippen LogP contribution >= 0.6 is 0 Å². The Kier molecular flexibility index (Phi) is 8.09. The lowest BCUT2D eigenvalue weighted by molar-refractivity contribution is 0.330. The second kappa shape index (κ2) is 13.4. The molecule has 0 aliphatic heterocycles. The highest BCUT2D eigenvalue weighted by atomic mass is 16.4. The zero-order valence-corrected chi connectivity index (χ0v) is 29.3. The van der Waals surface area contributed by atoms with Gasteiger partial charge in [-0.2, -0.15) is 0 Å². The Labute approximate surface area is 316 Å². The number of benzene rings is 8. The minimum Gasteiger partial charge on any atom is -0.504 e. The number of fused-ring (bicyclic) bond motifs is 3. The van der Waals surface area contributed by atoms with E-state index in [-0.39, 0.29) is 5.56 Å². The van der Waals surface area contributed by atoms with Gasteiger partial charge in [-0.05, 0) is 93.5 Å². The molecule has 0 radical (unpaired) electrons. The van der Waals surface area contributed by atoms with Crippen molar-refractivity contribution >= 4 is 39.0 Å². The Morgan fingerprint density at radius 2 is 0.691 bits per heavy atom. The molecule has 9 rings (SSSR count). The number of hydrogen-bond acceptors (Lipinski definition) is 7. The van der Waals surface area contributed by atoms with Gasteiger partial charge in [-0.3, -0.25) is 0 Å². The minimum atomic E-state index is -0.999. The first-order chi connectivity index (χ1) is 26.8. The maximum absolute atomic E-state index is 10.6. The topological polar surface area (TPSA) is 118 Å². The predicted molar refractivity (Wildman–Crippen MR) is 218 cm³/mol. The lowest BCUT2D eigenvalue weighted by atomic mass is 9.98. The molecule has 0 aliphatic carbocycles. The number of para-hydroxylation sites is 1. The van der Waals surface area contributed by atoms with E-state index in [2.05, 4.69) is 108 Å². The Balaban J connectivity index is 1.04. The Morgan fingerprint density at radius 3 is 1.24 bits per heavy atom. The van der Waals surface area contributed by atoms with Crippen molar-refractivity contribution in [1.29, 1.82) is 0 Å². The fourth-order valence-corrected chi connectivity index (χ4v) is 7.18. The maximum Gasteiger partial charge on any atom is 0.208 e. The summed E-state index contributed by atoms with van der Waals surface area (Å²) < 4.78 is 6.02. The molecule has 7 nitrogen and oxygen atoms in total. The standard InChI is InChI=1S/C48H33NO6/c50-44-43(45(51)47(53)48(54)46(44)52)34-18-25-38(26-19-34)49(36-21-14-31(15-22-36)29-6-2-1-3-7-29)37-23-16-32(17-24-37)30-10-12-33(13-11-30)35-20-27-42-40(28-35)39-8-4-5-9-41(39)55-42/h1-28,50-54H. The molecule has 9 aromatic rings. The first kappa shape index (κ1) is 33.2. The van der Waals surface area contributed by atoms with Gasteiger partial charge in [0.2, 0.25) is 17.2 Å². The summed E-state index contributed by atoms with van der Waals surface area (Å²) in [6.07, 6.45) is 0. The highest BCUT2D eigenvalue weighted by Crippen LogP contribution is 2.55. The molecular formula is C48H33NO6. The first-order valence-corrected chi connectivity index (χ1v) is 17.7. The molecule has 0 bridgehead atoms. The van der Waals surface area contributed by atoms with Gasteiger partial charge in [-0.15, -0.1) is 0 Å². The smallest absolute Gasteiger partial charge is 0.208 e. The van der Waals surface area contributed by atoms with E-state index >= 15 is 0 Å². The van der Waals surface area contributed by atoms with Gasteiger partial charge in [0, 0.05) is 27.8 Å². The van der Waals surface area contributed by atoms with E-state index in [4.69, 9.17) is 4.42 Å². The third-order valence-electron chi connectivity index (χ3n) is 10.1. The van der Waals surface area contributed by atoms with E-state index in [1.54, 1.807) is 12.1 Å². The van der Waals surface area contributed by atoms with Crippen LogP contribution in [0.5, 0.6) is 28.7 Å². The molecule has 1 aromatic heterocycles. The molecule has 0 atom stereocenters. The number of phenolic OH excluding ortho intramolecular Hbond substituents is 5. The Morgan fingerprint density at radius 1 is 0.309 bits per heavy atom. The van der Waals surface area contributed by atoms with Crippen molar-refractivity contribution in [2.45, 2.75) is 0 Å². The molecule has 5 N–H and O–H groups in total. The minimum absolute atomic E-state index is 0.205. The van der Waals surface area contributed by atoms with E-state index in [9.17, 15) is 25.5 Å². The van der Waals surface area contributed by atoms with Crippen LogP contribution in [-0.4, -0.2) is 25.5 Å². The molecule has 8 aromatic carbocycles. The normalized spacial score (nSPS) is 11.3. The number of nitrogens with zero attached hydrogens (tertiary/aromatic N) is 1. The van der Waals surface area contributed by atoms with Crippen molar-refractivity contribution in [3.05, 3.63) is 170 Å². The molecular weight excluding hydrogens is 687 g/mol. The fraction of sp³-hybridized carbons (Fsp3) is 0. The number of anilines is 3. The maximum atomic E-state index is 10.6. The van der Waals surface area contributed by atoms with Crippen LogP contribution in [0.25, 0.3) is 66.4 Å². The van der Waals surface area contributed by atoms with Gasteiger partial charge in [0.25, 0.3) is 0 Å². The van der Waals surface area contributed by atoms with Crippen molar-refractivity contribution < 1.29 is 29.9 Å². The molecule has 0 saturated carbocycles. The molecule has 1 heterocycles. The zero-order chi connectivity index (χ0) is 37.6. The van der Waals surface area contributed by atoms with E-state index in [1.807, 2.05) is 54.6 Å². The molecule has 0 amide bonds. The average molecular weight is 720 g/mol. The van der Waals surface area contributed by atoms with E-state index in [1.165, 1.54) is 0 Å². The van der Waals surface area contributed by atoms with Crippen molar-refractivity contribution in [3.63, 3.8) is 0 Å². The SMILES string of the molecule is Oc1c(O)c(O)c(-c2ccc(N(c3ccc(-c4ccccc4)cc3)c3ccc(-c4ccc(-c5ccc6oc7ccccc7c6c5)cc4)cc3)cc2)c(O)c1O. The lowest BCUT2D eigenvalue weighted by Crippen LogP contribution is -2.09. The summed E-state index contributed by atoms with van der Waals surface area (Å²) in [6.45, 7) is 0. The summed E-state index contributed by atoms with van der Waals surface area (Å²) in [5, 5.41) is 53.5. The molecule has 266 valence electrons. The van der Waals surface area contributed by atoms with Gasteiger partial charge in [0.1, 0.15) is 11.2 Å². The average Bonchev–Trinajstić information content (AvgIpc) is 3.62. The van der Waals surface area contributed by atoms with Crippen molar-refractivity contribution in [2.75, 3.05) is 4.90 Å². The second-order valence-corrected chi connectivity index (χ2v) is 13.3. The third kappa shape index (κ3) is 5.90. The van der Waals surface area contributed by atoms with Crippen molar-refractivity contribution in [2.24, 2.45) is 0 Å². The van der Waals surface area contributed by atoms with Crippen LogP contribution in [0.2, 0.25) is 0 Å². The number of rotatable bonds is 7. The largest absolute Gasteiger partial charge is 0.504 e. The fourth-order valence-electron chi connectivity index (χ4n) is 7.18.